The van der Waals surface area contributed by atoms with Gasteiger partial charge in [0.2, 0.25) is 11.9 Å². The fourth-order valence-electron chi connectivity index (χ4n) is 2.99. The highest BCUT2D eigenvalue weighted by Gasteiger charge is 2.28. The first kappa shape index (κ1) is 19.0. The van der Waals surface area contributed by atoms with Crippen LogP contribution in [0.2, 0.25) is 0 Å². The summed E-state index contributed by atoms with van der Waals surface area (Å²) in [4.78, 5) is 25.8. The van der Waals surface area contributed by atoms with E-state index in [1.807, 2.05) is 32.8 Å². The third-order valence-corrected chi connectivity index (χ3v) is 4.65. The fraction of sp³-hybridized carbons (Fsp3) is 0.421. The van der Waals surface area contributed by atoms with E-state index >= 15 is 0 Å². The maximum atomic E-state index is 13.0. The van der Waals surface area contributed by atoms with Gasteiger partial charge in [-0.25, -0.2) is 9.37 Å². The molecule has 0 bridgehead atoms. The van der Waals surface area contributed by atoms with Crippen LogP contribution in [0.5, 0.6) is 0 Å². The van der Waals surface area contributed by atoms with Crippen LogP contribution in [0.4, 0.5) is 21.8 Å². The van der Waals surface area contributed by atoms with Crippen molar-refractivity contribution in [3.63, 3.8) is 0 Å². The zero-order chi connectivity index (χ0) is 19.6. The maximum Gasteiger partial charge on any atom is 0.243 e. The van der Waals surface area contributed by atoms with Gasteiger partial charge < -0.3 is 20.4 Å². The first-order valence-electron chi connectivity index (χ1n) is 8.92. The zero-order valence-corrected chi connectivity index (χ0v) is 16.1. The minimum Gasteiger partial charge on any atom is -0.353 e. The summed E-state index contributed by atoms with van der Waals surface area (Å²) < 4.78 is 13.0. The van der Waals surface area contributed by atoms with E-state index in [0.717, 1.165) is 23.6 Å². The first-order valence-corrected chi connectivity index (χ1v) is 8.92. The Kier molecular flexibility index (Phi) is 5.55. The number of amides is 1. The highest BCUT2D eigenvalue weighted by atomic mass is 19.1. The van der Waals surface area contributed by atoms with Gasteiger partial charge in [0.15, 0.2) is 0 Å². The predicted octanol–water partition coefficient (Wildman–Crippen LogP) is 1.72. The molecule has 0 radical (unpaired) electrons. The van der Waals surface area contributed by atoms with Gasteiger partial charge in [-0.15, -0.1) is 0 Å². The highest BCUT2D eigenvalue weighted by molar-refractivity contribution is 5.95. The first-order chi connectivity index (χ1) is 12.8. The van der Waals surface area contributed by atoms with E-state index in [9.17, 15) is 9.18 Å². The van der Waals surface area contributed by atoms with E-state index in [-0.39, 0.29) is 17.8 Å². The van der Waals surface area contributed by atoms with Crippen LogP contribution in [0.15, 0.2) is 24.3 Å². The minimum atomic E-state index is -0.388. The van der Waals surface area contributed by atoms with Gasteiger partial charge in [0.25, 0.3) is 0 Å². The largest absolute Gasteiger partial charge is 0.353 e. The number of rotatable bonds is 4. The van der Waals surface area contributed by atoms with E-state index in [2.05, 4.69) is 25.5 Å². The number of carbonyl (C=O) groups is 1. The molecule has 27 heavy (non-hydrogen) atoms. The molecule has 1 unspecified atom stereocenters. The van der Waals surface area contributed by atoms with E-state index in [4.69, 9.17) is 0 Å². The van der Waals surface area contributed by atoms with Gasteiger partial charge in [0, 0.05) is 50.7 Å². The number of piperazine rings is 1. The second-order valence-corrected chi connectivity index (χ2v) is 6.90. The highest BCUT2D eigenvalue weighted by Crippen LogP contribution is 2.23. The number of hydrogen-bond acceptors (Lipinski definition) is 6. The van der Waals surface area contributed by atoms with Gasteiger partial charge >= 0.3 is 0 Å². The molecule has 144 valence electrons. The standard InChI is InChI=1S/C19H25FN6O/c1-12-13(2)22-19(25(3)4)24-17(12)26-10-9-21-16(11-26)18(27)23-15-7-5-14(20)6-8-15/h5-8,16,21H,9-11H2,1-4H3,(H,23,27). The van der Waals surface area contributed by atoms with Crippen molar-refractivity contribution in [2.24, 2.45) is 0 Å². The molecule has 1 fully saturated rings. The van der Waals surface area contributed by atoms with Gasteiger partial charge in [-0.2, -0.15) is 4.98 Å². The van der Waals surface area contributed by atoms with Crippen molar-refractivity contribution < 1.29 is 9.18 Å². The van der Waals surface area contributed by atoms with Crippen molar-refractivity contribution in [3.8, 4) is 0 Å². The van der Waals surface area contributed by atoms with Crippen molar-refractivity contribution >= 4 is 23.4 Å². The van der Waals surface area contributed by atoms with E-state index < -0.39 is 0 Å². The molecule has 2 heterocycles. The Morgan fingerprint density at radius 3 is 2.63 bits per heavy atom. The molecule has 2 N–H and O–H groups in total. The van der Waals surface area contributed by atoms with Crippen LogP contribution < -0.4 is 20.4 Å². The number of hydrogen-bond donors (Lipinski definition) is 2. The maximum absolute atomic E-state index is 13.0. The van der Waals surface area contributed by atoms with Gasteiger partial charge in [0.05, 0.1) is 0 Å². The molecule has 1 atom stereocenters. The van der Waals surface area contributed by atoms with Crippen LogP contribution in [0.25, 0.3) is 0 Å². The van der Waals surface area contributed by atoms with Gasteiger partial charge in [-0.3, -0.25) is 4.79 Å². The topological polar surface area (TPSA) is 73.4 Å². The molecule has 1 amide bonds. The van der Waals surface area contributed by atoms with E-state index in [0.29, 0.717) is 24.7 Å². The van der Waals surface area contributed by atoms with Crippen LogP contribution in [0.1, 0.15) is 11.3 Å². The van der Waals surface area contributed by atoms with Crippen LogP contribution in [0, 0.1) is 19.7 Å². The van der Waals surface area contributed by atoms with Crippen molar-refractivity contribution in [1.29, 1.82) is 0 Å². The number of nitrogens with one attached hydrogen (secondary N) is 2. The molecular weight excluding hydrogens is 347 g/mol. The number of aromatic nitrogens is 2. The van der Waals surface area contributed by atoms with Gasteiger partial charge in [0.1, 0.15) is 17.7 Å². The van der Waals surface area contributed by atoms with Crippen LogP contribution in [-0.2, 0) is 4.79 Å². The average Bonchev–Trinajstić information content (AvgIpc) is 2.65. The van der Waals surface area contributed by atoms with Crippen LogP contribution >= 0.6 is 0 Å². The van der Waals surface area contributed by atoms with Crippen molar-refractivity contribution in [2.75, 3.05) is 48.8 Å². The quantitative estimate of drug-likeness (QED) is 0.851. The molecule has 7 nitrogen and oxygen atoms in total. The molecule has 1 aliphatic rings. The molecule has 0 spiro atoms. The number of halogens is 1. The molecule has 1 saturated heterocycles. The molecular formula is C19H25FN6O. The third-order valence-electron chi connectivity index (χ3n) is 4.65. The Morgan fingerprint density at radius 1 is 1.26 bits per heavy atom. The smallest absolute Gasteiger partial charge is 0.243 e. The number of aryl methyl sites for hydroxylation is 1. The number of benzene rings is 1. The predicted molar refractivity (Wildman–Crippen MR) is 105 cm³/mol. The molecule has 0 aliphatic carbocycles. The molecule has 1 aliphatic heterocycles. The van der Waals surface area contributed by atoms with Crippen LogP contribution in [-0.4, -0.2) is 55.6 Å². The monoisotopic (exact) mass is 372 g/mol. The third kappa shape index (κ3) is 4.33. The van der Waals surface area contributed by atoms with E-state index in [1.165, 1.54) is 12.1 Å². The Labute approximate surface area is 158 Å². The SMILES string of the molecule is Cc1nc(N(C)C)nc(N2CCNC(C(=O)Nc3ccc(F)cc3)C2)c1C. The lowest BCUT2D eigenvalue weighted by Gasteiger charge is -2.35. The average molecular weight is 372 g/mol. The van der Waals surface area contributed by atoms with Crippen molar-refractivity contribution in [2.45, 2.75) is 19.9 Å². The Balaban J connectivity index is 1.76. The summed E-state index contributed by atoms with van der Waals surface area (Å²) in [5.74, 6) is 1.02. The van der Waals surface area contributed by atoms with Gasteiger partial charge in [-0.05, 0) is 38.1 Å². The Hall–Kier alpha value is -2.74. The van der Waals surface area contributed by atoms with E-state index in [1.54, 1.807) is 12.1 Å². The van der Waals surface area contributed by atoms with Crippen molar-refractivity contribution in [3.05, 3.63) is 41.3 Å². The Bertz CT molecular complexity index is 824. The normalized spacial score (nSPS) is 16.9. The lowest BCUT2D eigenvalue weighted by molar-refractivity contribution is -0.118. The molecule has 1 aromatic carbocycles. The summed E-state index contributed by atoms with van der Waals surface area (Å²) in [5.41, 5.74) is 2.51. The summed E-state index contributed by atoms with van der Waals surface area (Å²) in [6.45, 7) is 5.89. The molecule has 0 saturated carbocycles. The summed E-state index contributed by atoms with van der Waals surface area (Å²) in [6, 6.07) is 5.36. The fourth-order valence-corrected chi connectivity index (χ4v) is 2.99. The molecule has 3 rings (SSSR count). The Morgan fingerprint density at radius 2 is 1.96 bits per heavy atom. The summed E-state index contributed by atoms with van der Waals surface area (Å²) in [5, 5.41) is 6.07. The lowest BCUT2D eigenvalue weighted by atomic mass is 10.1. The van der Waals surface area contributed by atoms with Crippen LogP contribution in [0.3, 0.4) is 0 Å². The zero-order valence-electron chi connectivity index (χ0n) is 16.1. The number of nitrogens with zero attached hydrogens (tertiary/aromatic N) is 4. The van der Waals surface area contributed by atoms with Gasteiger partial charge in [-0.1, -0.05) is 0 Å². The molecule has 8 heteroatoms. The van der Waals surface area contributed by atoms with Crippen molar-refractivity contribution in [1.82, 2.24) is 15.3 Å². The number of carbonyl (C=O) groups excluding carboxylic acids is 1. The summed E-state index contributed by atoms with van der Waals surface area (Å²) in [7, 11) is 3.81. The summed E-state index contributed by atoms with van der Waals surface area (Å²) >= 11 is 0. The molecule has 2 aromatic rings. The lowest BCUT2D eigenvalue weighted by Crippen LogP contribution is -2.56. The minimum absolute atomic E-state index is 0.150. The molecule has 1 aromatic heterocycles. The summed E-state index contributed by atoms with van der Waals surface area (Å²) in [6.07, 6.45) is 0. The number of anilines is 3. The second-order valence-electron chi connectivity index (χ2n) is 6.90. The second kappa shape index (κ2) is 7.87.